The Morgan fingerprint density at radius 2 is 2.20 bits per heavy atom. The van der Waals surface area contributed by atoms with Crippen LogP contribution in [0.3, 0.4) is 0 Å². The molecular formula is C16H22N2O2. The lowest BCUT2D eigenvalue weighted by Gasteiger charge is -2.24. The van der Waals surface area contributed by atoms with Gasteiger partial charge < -0.3 is 15.4 Å². The molecule has 0 spiro atoms. The molecule has 1 saturated carbocycles. The molecule has 0 bridgehead atoms. The summed E-state index contributed by atoms with van der Waals surface area (Å²) in [5, 5.41) is 6.40. The first-order valence-corrected chi connectivity index (χ1v) is 7.56. The third-order valence-electron chi connectivity index (χ3n) is 4.39. The molecule has 4 nitrogen and oxygen atoms in total. The van der Waals surface area contributed by atoms with E-state index >= 15 is 0 Å². The zero-order chi connectivity index (χ0) is 13.9. The van der Waals surface area contributed by atoms with Gasteiger partial charge >= 0.3 is 0 Å². The van der Waals surface area contributed by atoms with E-state index < -0.39 is 0 Å². The van der Waals surface area contributed by atoms with Crippen LogP contribution in [0.2, 0.25) is 0 Å². The topological polar surface area (TPSA) is 50.4 Å². The minimum absolute atomic E-state index is 0.0232. The number of carbonyl (C=O) groups excluding carboxylic acids is 1. The lowest BCUT2D eigenvalue weighted by Crippen LogP contribution is -2.37. The molecule has 1 aromatic carbocycles. The van der Waals surface area contributed by atoms with Gasteiger partial charge in [0.2, 0.25) is 0 Å². The van der Waals surface area contributed by atoms with Crippen molar-refractivity contribution in [2.75, 3.05) is 18.5 Å². The normalized spacial score (nSPS) is 19.6. The summed E-state index contributed by atoms with van der Waals surface area (Å²) in [5.74, 6) is 1.29. The van der Waals surface area contributed by atoms with Gasteiger partial charge in [-0.15, -0.1) is 0 Å². The number of rotatable bonds is 3. The molecular weight excluding hydrogens is 252 g/mol. The van der Waals surface area contributed by atoms with E-state index in [4.69, 9.17) is 4.74 Å². The van der Waals surface area contributed by atoms with Gasteiger partial charge in [0.15, 0.2) is 5.75 Å². The first-order valence-electron chi connectivity index (χ1n) is 7.56. The molecule has 1 aliphatic carbocycles. The van der Waals surface area contributed by atoms with Crippen LogP contribution in [0.25, 0.3) is 0 Å². The van der Waals surface area contributed by atoms with Gasteiger partial charge in [0, 0.05) is 12.6 Å². The van der Waals surface area contributed by atoms with Crippen LogP contribution in [0.1, 0.15) is 43.0 Å². The fourth-order valence-electron chi connectivity index (χ4n) is 3.21. The number of amides is 1. The maximum absolute atomic E-state index is 12.5. The fourth-order valence-corrected chi connectivity index (χ4v) is 3.21. The van der Waals surface area contributed by atoms with Crippen LogP contribution in [0.15, 0.2) is 18.2 Å². The van der Waals surface area contributed by atoms with Crippen molar-refractivity contribution in [3.63, 3.8) is 0 Å². The van der Waals surface area contributed by atoms with Crippen LogP contribution in [0.5, 0.6) is 5.75 Å². The maximum Gasteiger partial charge on any atom is 0.255 e. The summed E-state index contributed by atoms with van der Waals surface area (Å²) in [6.07, 6.45) is 5.04. The molecule has 1 fully saturated rings. The molecule has 3 rings (SSSR count). The van der Waals surface area contributed by atoms with Gasteiger partial charge in [0.05, 0.1) is 11.3 Å². The molecule has 1 amide bonds. The largest absolute Gasteiger partial charge is 0.489 e. The van der Waals surface area contributed by atoms with E-state index in [1.807, 2.05) is 18.2 Å². The van der Waals surface area contributed by atoms with Gasteiger partial charge in [-0.3, -0.25) is 4.79 Å². The second kappa shape index (κ2) is 5.73. The highest BCUT2D eigenvalue weighted by molar-refractivity contribution is 5.99. The first-order chi connectivity index (χ1) is 9.75. The molecule has 2 N–H and O–H groups in total. The predicted octanol–water partition coefficient (Wildman–Crippen LogP) is 2.80. The van der Waals surface area contributed by atoms with Crippen molar-refractivity contribution >= 4 is 11.6 Å². The average molecular weight is 274 g/mol. The number of para-hydroxylation sites is 1. The van der Waals surface area contributed by atoms with E-state index in [9.17, 15) is 4.79 Å². The average Bonchev–Trinajstić information content (AvgIpc) is 3.01. The van der Waals surface area contributed by atoms with E-state index in [2.05, 4.69) is 17.6 Å². The van der Waals surface area contributed by atoms with Gasteiger partial charge in [-0.05, 0) is 37.8 Å². The maximum atomic E-state index is 12.5. The molecule has 2 aliphatic rings. The fraction of sp³-hybridized carbons (Fsp3) is 0.562. The Labute approximate surface area is 119 Å². The number of carbonyl (C=O) groups is 1. The van der Waals surface area contributed by atoms with Gasteiger partial charge in [-0.1, -0.05) is 18.9 Å². The summed E-state index contributed by atoms with van der Waals surface area (Å²) in [5.41, 5.74) is 1.55. The zero-order valence-corrected chi connectivity index (χ0v) is 11.9. The molecule has 108 valence electrons. The standard InChI is InChI=1S/C16H22N2O2/c1-11(12-5-2-3-6-12)18-16(19)13-7-4-8-14-15(13)20-10-9-17-14/h4,7-8,11-12,17H,2-3,5-6,9-10H2,1H3,(H,18,19)/t11-/m0/s1. The lowest BCUT2D eigenvalue weighted by molar-refractivity contribution is 0.0923. The van der Waals surface area contributed by atoms with Crippen LogP contribution < -0.4 is 15.4 Å². The highest BCUT2D eigenvalue weighted by Gasteiger charge is 2.25. The van der Waals surface area contributed by atoms with Crippen molar-refractivity contribution in [1.29, 1.82) is 0 Å². The van der Waals surface area contributed by atoms with Crippen LogP contribution in [-0.4, -0.2) is 25.1 Å². The summed E-state index contributed by atoms with van der Waals surface area (Å²) in [7, 11) is 0. The van der Waals surface area contributed by atoms with Crippen molar-refractivity contribution in [2.45, 2.75) is 38.6 Å². The minimum atomic E-state index is -0.0232. The molecule has 1 aromatic rings. The number of hydrogen-bond acceptors (Lipinski definition) is 3. The summed E-state index contributed by atoms with van der Waals surface area (Å²) >= 11 is 0. The molecule has 20 heavy (non-hydrogen) atoms. The molecule has 4 heteroatoms. The SMILES string of the molecule is C[C@H](NC(=O)c1cccc2c1OCCN2)C1CCCC1. The van der Waals surface area contributed by atoms with Crippen molar-refractivity contribution in [1.82, 2.24) is 5.32 Å². The van der Waals surface area contributed by atoms with Crippen molar-refractivity contribution in [3.8, 4) is 5.75 Å². The summed E-state index contributed by atoms with van der Waals surface area (Å²) < 4.78 is 5.66. The van der Waals surface area contributed by atoms with Gasteiger partial charge in [0.25, 0.3) is 5.91 Å². The van der Waals surface area contributed by atoms with Crippen molar-refractivity contribution < 1.29 is 9.53 Å². The van der Waals surface area contributed by atoms with Gasteiger partial charge in [0.1, 0.15) is 6.61 Å². The molecule has 1 atom stereocenters. The molecule has 0 unspecified atom stereocenters. The number of nitrogens with one attached hydrogen (secondary N) is 2. The summed E-state index contributed by atoms with van der Waals surface area (Å²) in [4.78, 5) is 12.5. The van der Waals surface area contributed by atoms with Gasteiger partial charge in [-0.25, -0.2) is 0 Å². The van der Waals surface area contributed by atoms with E-state index in [1.165, 1.54) is 25.7 Å². The third kappa shape index (κ3) is 2.60. The Kier molecular flexibility index (Phi) is 3.81. The Hall–Kier alpha value is -1.71. The van der Waals surface area contributed by atoms with E-state index in [0.29, 0.717) is 23.8 Å². The van der Waals surface area contributed by atoms with Crippen LogP contribution in [0, 0.1) is 5.92 Å². The Bertz CT molecular complexity index is 495. The number of anilines is 1. The van der Waals surface area contributed by atoms with E-state index in [-0.39, 0.29) is 11.9 Å². The number of benzene rings is 1. The summed E-state index contributed by atoms with van der Waals surface area (Å²) in [6.45, 7) is 3.51. The van der Waals surface area contributed by atoms with E-state index in [0.717, 1.165) is 12.2 Å². The second-order valence-electron chi connectivity index (χ2n) is 5.76. The third-order valence-corrected chi connectivity index (χ3v) is 4.39. The highest BCUT2D eigenvalue weighted by atomic mass is 16.5. The molecule has 0 radical (unpaired) electrons. The lowest BCUT2D eigenvalue weighted by atomic mass is 9.99. The molecule has 0 aromatic heterocycles. The predicted molar refractivity (Wildman–Crippen MR) is 79.3 cm³/mol. The molecule has 0 saturated heterocycles. The van der Waals surface area contributed by atoms with Crippen LogP contribution in [-0.2, 0) is 0 Å². The van der Waals surface area contributed by atoms with Crippen molar-refractivity contribution in [3.05, 3.63) is 23.8 Å². The zero-order valence-electron chi connectivity index (χ0n) is 11.9. The van der Waals surface area contributed by atoms with E-state index in [1.54, 1.807) is 0 Å². The molecule has 1 aliphatic heterocycles. The number of hydrogen-bond donors (Lipinski definition) is 2. The van der Waals surface area contributed by atoms with Crippen molar-refractivity contribution in [2.24, 2.45) is 5.92 Å². The second-order valence-corrected chi connectivity index (χ2v) is 5.76. The first kappa shape index (κ1) is 13.3. The quantitative estimate of drug-likeness (QED) is 0.891. The highest BCUT2D eigenvalue weighted by Crippen LogP contribution is 2.32. The van der Waals surface area contributed by atoms with Crippen LogP contribution >= 0.6 is 0 Å². The summed E-state index contributed by atoms with van der Waals surface area (Å²) in [6, 6.07) is 5.92. The van der Waals surface area contributed by atoms with Gasteiger partial charge in [-0.2, -0.15) is 0 Å². The Balaban J connectivity index is 1.73. The minimum Gasteiger partial charge on any atom is -0.489 e. The smallest absolute Gasteiger partial charge is 0.255 e. The number of fused-ring (bicyclic) bond motifs is 1. The Morgan fingerprint density at radius 3 is 3.00 bits per heavy atom. The monoisotopic (exact) mass is 274 g/mol. The number of ether oxygens (including phenoxy) is 1. The molecule has 1 heterocycles. The van der Waals surface area contributed by atoms with Crippen LogP contribution in [0.4, 0.5) is 5.69 Å². The Morgan fingerprint density at radius 1 is 1.40 bits per heavy atom.